The van der Waals surface area contributed by atoms with E-state index in [2.05, 4.69) is 20.8 Å². The molecular formula is C29H38O3. The number of rotatable bonds is 10. The third kappa shape index (κ3) is 4.73. The van der Waals surface area contributed by atoms with Gasteiger partial charge in [0, 0.05) is 17.7 Å². The van der Waals surface area contributed by atoms with Crippen molar-refractivity contribution in [3.63, 3.8) is 0 Å². The van der Waals surface area contributed by atoms with Gasteiger partial charge in [-0.3, -0.25) is 9.59 Å². The Morgan fingerprint density at radius 3 is 1.94 bits per heavy atom. The minimum atomic E-state index is -1.24. The Kier molecular flexibility index (Phi) is 8.05. The molecule has 2 aromatic rings. The quantitative estimate of drug-likeness (QED) is 0.226. The summed E-state index contributed by atoms with van der Waals surface area (Å²) in [5.74, 6) is 0.486. The minimum Gasteiger partial charge on any atom is -0.374 e. The van der Waals surface area contributed by atoms with Gasteiger partial charge in [0.1, 0.15) is 5.41 Å². The van der Waals surface area contributed by atoms with Crippen molar-refractivity contribution in [1.82, 2.24) is 0 Å². The van der Waals surface area contributed by atoms with Gasteiger partial charge in [-0.1, -0.05) is 94.3 Å². The first-order valence-corrected chi connectivity index (χ1v) is 12.2. The van der Waals surface area contributed by atoms with Gasteiger partial charge in [-0.15, -0.1) is 0 Å². The number of ether oxygens (including phenoxy) is 1. The van der Waals surface area contributed by atoms with Crippen LogP contribution in [0.3, 0.4) is 0 Å². The maximum Gasteiger partial charge on any atom is 0.179 e. The Labute approximate surface area is 193 Å². The highest BCUT2D eigenvalue weighted by Gasteiger charge is 2.62. The first-order valence-electron chi connectivity index (χ1n) is 12.2. The first kappa shape index (κ1) is 24.4. The number of benzene rings is 2. The van der Waals surface area contributed by atoms with E-state index in [1.807, 2.05) is 67.6 Å². The highest BCUT2D eigenvalue weighted by Crippen LogP contribution is 2.54. The molecule has 2 unspecified atom stereocenters. The summed E-state index contributed by atoms with van der Waals surface area (Å²) < 4.78 is 6.56. The molecule has 2 aromatic carbocycles. The molecule has 2 atom stereocenters. The molecule has 3 heteroatoms. The molecule has 0 N–H and O–H groups in total. The van der Waals surface area contributed by atoms with Crippen molar-refractivity contribution in [2.24, 2.45) is 17.3 Å². The van der Waals surface area contributed by atoms with Gasteiger partial charge in [-0.05, 0) is 44.4 Å². The summed E-state index contributed by atoms with van der Waals surface area (Å²) >= 11 is 0. The molecule has 1 fully saturated rings. The van der Waals surface area contributed by atoms with Gasteiger partial charge in [0.2, 0.25) is 0 Å². The minimum absolute atomic E-state index is 0.102. The second-order valence-corrected chi connectivity index (χ2v) is 9.83. The number of ketones is 2. The third-order valence-corrected chi connectivity index (χ3v) is 7.42. The molecule has 0 saturated heterocycles. The van der Waals surface area contributed by atoms with E-state index in [9.17, 15) is 9.59 Å². The van der Waals surface area contributed by atoms with Crippen LogP contribution in [0.2, 0.25) is 0 Å². The summed E-state index contributed by atoms with van der Waals surface area (Å²) in [6, 6.07) is 18.6. The lowest BCUT2D eigenvalue weighted by Crippen LogP contribution is -2.61. The largest absolute Gasteiger partial charge is 0.374 e. The average Bonchev–Trinajstić information content (AvgIpc) is 2.82. The predicted molar refractivity (Wildman–Crippen MR) is 130 cm³/mol. The van der Waals surface area contributed by atoms with Gasteiger partial charge in [0.05, 0.1) is 5.60 Å². The summed E-state index contributed by atoms with van der Waals surface area (Å²) in [4.78, 5) is 28.6. The lowest BCUT2D eigenvalue weighted by molar-refractivity contribution is -0.126. The maximum atomic E-state index is 14.3. The van der Waals surface area contributed by atoms with Crippen LogP contribution in [0.15, 0.2) is 60.7 Å². The first-order chi connectivity index (χ1) is 15.4. The van der Waals surface area contributed by atoms with Crippen LogP contribution in [0.25, 0.3) is 0 Å². The average molecular weight is 435 g/mol. The molecule has 0 aliphatic heterocycles. The van der Waals surface area contributed by atoms with Crippen LogP contribution in [0, 0.1) is 17.3 Å². The number of unbranched alkanes of at least 4 members (excludes halogenated alkanes) is 2. The van der Waals surface area contributed by atoms with Crippen molar-refractivity contribution < 1.29 is 14.3 Å². The monoisotopic (exact) mass is 434 g/mol. The van der Waals surface area contributed by atoms with Crippen LogP contribution in [-0.4, -0.2) is 23.8 Å². The molecule has 1 aliphatic carbocycles. The maximum absolute atomic E-state index is 14.3. The Balaban J connectivity index is 2.15. The van der Waals surface area contributed by atoms with Crippen LogP contribution < -0.4 is 0 Å². The van der Waals surface area contributed by atoms with Crippen LogP contribution in [0.4, 0.5) is 0 Å². The topological polar surface area (TPSA) is 43.4 Å². The molecule has 0 radical (unpaired) electrons. The zero-order valence-electron chi connectivity index (χ0n) is 20.1. The van der Waals surface area contributed by atoms with E-state index in [0.717, 1.165) is 25.7 Å². The normalized spacial score (nSPS) is 22.6. The molecular weight excluding hydrogens is 396 g/mol. The number of hydrogen-bond acceptors (Lipinski definition) is 3. The summed E-state index contributed by atoms with van der Waals surface area (Å²) in [5.41, 5.74) is -0.907. The summed E-state index contributed by atoms with van der Waals surface area (Å²) in [5, 5.41) is 0. The molecule has 3 rings (SSSR count). The SMILES string of the molecule is CCCCCOC1(C)CCC(C(C)C)CC1(C(=O)c1ccccc1)C(=O)c1ccccc1. The van der Waals surface area contributed by atoms with Gasteiger partial charge in [0.15, 0.2) is 11.6 Å². The molecule has 1 aliphatic rings. The summed E-state index contributed by atoms with van der Waals surface area (Å²) in [6.45, 7) is 9.14. The highest BCUT2D eigenvalue weighted by molar-refractivity contribution is 6.20. The lowest BCUT2D eigenvalue weighted by Gasteiger charge is -2.52. The number of Topliss-reactive ketones (excluding diaryl/α,β-unsaturated/α-hetero) is 2. The smallest absolute Gasteiger partial charge is 0.179 e. The van der Waals surface area contributed by atoms with Crippen molar-refractivity contribution in [2.45, 2.75) is 71.8 Å². The van der Waals surface area contributed by atoms with E-state index < -0.39 is 11.0 Å². The van der Waals surface area contributed by atoms with Gasteiger partial charge in [-0.25, -0.2) is 0 Å². The molecule has 0 amide bonds. The fraction of sp³-hybridized carbons (Fsp3) is 0.517. The fourth-order valence-corrected chi connectivity index (χ4v) is 5.24. The second kappa shape index (κ2) is 10.6. The molecule has 0 aromatic heterocycles. The molecule has 0 spiro atoms. The summed E-state index contributed by atoms with van der Waals surface area (Å²) in [6.07, 6.45) is 5.32. The fourth-order valence-electron chi connectivity index (χ4n) is 5.24. The Morgan fingerprint density at radius 2 is 1.47 bits per heavy atom. The second-order valence-electron chi connectivity index (χ2n) is 9.83. The van der Waals surface area contributed by atoms with Crippen molar-refractivity contribution in [3.05, 3.63) is 71.8 Å². The van der Waals surface area contributed by atoms with Gasteiger partial charge in [-0.2, -0.15) is 0 Å². The van der Waals surface area contributed by atoms with Gasteiger partial charge in [0.25, 0.3) is 0 Å². The molecule has 0 bridgehead atoms. The summed E-state index contributed by atoms with van der Waals surface area (Å²) in [7, 11) is 0. The predicted octanol–water partition coefficient (Wildman–Crippen LogP) is 7.16. The number of hydrogen-bond donors (Lipinski definition) is 0. The molecule has 3 nitrogen and oxygen atoms in total. The van der Waals surface area contributed by atoms with Crippen LogP contribution in [-0.2, 0) is 4.74 Å². The van der Waals surface area contributed by atoms with Gasteiger partial charge >= 0.3 is 0 Å². The van der Waals surface area contributed by atoms with Crippen LogP contribution in [0.1, 0.15) is 86.9 Å². The number of carbonyl (C=O) groups excluding carboxylic acids is 2. The van der Waals surface area contributed by atoms with E-state index in [4.69, 9.17) is 4.74 Å². The standard InChI is InChI=1S/C29H38O3/c1-5-6-13-20-32-28(4)19-18-25(22(2)3)21-29(28,26(30)23-14-9-7-10-15-23)27(31)24-16-11-8-12-17-24/h7-12,14-17,22,25H,5-6,13,18-21H2,1-4H3. The molecule has 172 valence electrons. The van der Waals surface area contributed by atoms with Crippen LogP contribution in [0.5, 0.6) is 0 Å². The van der Waals surface area contributed by atoms with Crippen molar-refractivity contribution in [3.8, 4) is 0 Å². The molecule has 1 saturated carbocycles. The Morgan fingerprint density at radius 1 is 0.938 bits per heavy atom. The van der Waals surface area contributed by atoms with Crippen molar-refractivity contribution >= 4 is 11.6 Å². The Hall–Kier alpha value is -2.26. The van der Waals surface area contributed by atoms with Crippen molar-refractivity contribution in [1.29, 1.82) is 0 Å². The van der Waals surface area contributed by atoms with Crippen molar-refractivity contribution in [2.75, 3.05) is 6.61 Å². The lowest BCUT2D eigenvalue weighted by atomic mass is 9.53. The highest BCUT2D eigenvalue weighted by atomic mass is 16.5. The van der Waals surface area contributed by atoms with E-state index >= 15 is 0 Å². The Bertz CT molecular complexity index is 836. The molecule has 0 heterocycles. The van der Waals surface area contributed by atoms with E-state index in [1.54, 1.807) is 0 Å². The number of carbonyl (C=O) groups is 2. The van der Waals surface area contributed by atoms with E-state index in [-0.39, 0.29) is 11.6 Å². The zero-order valence-corrected chi connectivity index (χ0v) is 20.1. The molecule has 32 heavy (non-hydrogen) atoms. The third-order valence-electron chi connectivity index (χ3n) is 7.42. The van der Waals surface area contributed by atoms with Crippen LogP contribution >= 0.6 is 0 Å². The van der Waals surface area contributed by atoms with Gasteiger partial charge < -0.3 is 4.74 Å². The van der Waals surface area contributed by atoms with E-state index in [0.29, 0.717) is 42.4 Å². The zero-order chi connectivity index (χ0) is 23.2. The van der Waals surface area contributed by atoms with E-state index in [1.165, 1.54) is 0 Å².